The van der Waals surface area contributed by atoms with Crippen molar-refractivity contribution in [3.05, 3.63) is 23.3 Å². The monoisotopic (exact) mass is 219 g/mol. The molecule has 0 radical (unpaired) electrons. The average Bonchev–Trinajstić information content (AvgIpc) is 2.65. The Bertz CT molecular complexity index is 450. The molecule has 1 aliphatic rings. The van der Waals surface area contributed by atoms with Crippen LogP contribution in [0.4, 0.5) is 0 Å². The number of ether oxygens (including phenoxy) is 2. The Labute approximate surface area is 94.0 Å². The van der Waals surface area contributed by atoms with Gasteiger partial charge in [0.15, 0.2) is 6.10 Å². The topological polar surface area (TPSA) is 62.5 Å². The quantitative estimate of drug-likeness (QED) is 0.767. The first kappa shape index (κ1) is 10.8. The van der Waals surface area contributed by atoms with Gasteiger partial charge in [0.05, 0.1) is 13.2 Å². The molecule has 2 atom stereocenters. The number of hydrogen-bond acceptors (Lipinski definition) is 4. The van der Waals surface area contributed by atoms with E-state index >= 15 is 0 Å². The number of aliphatic hydroxyl groups is 1. The third-order valence-corrected chi connectivity index (χ3v) is 2.67. The van der Waals surface area contributed by atoms with Crippen molar-refractivity contribution in [1.29, 1.82) is 5.26 Å². The maximum atomic E-state index is 9.54. The molecule has 4 heteroatoms. The van der Waals surface area contributed by atoms with E-state index in [0.29, 0.717) is 11.3 Å². The maximum Gasteiger partial charge on any atom is 0.169 e. The SMILES string of the molecule is COc1cc2c(cc1C(O)C#N)OC(C)C2. The lowest BCUT2D eigenvalue weighted by Gasteiger charge is -2.11. The molecule has 0 fully saturated rings. The summed E-state index contributed by atoms with van der Waals surface area (Å²) in [6.45, 7) is 1.98. The minimum Gasteiger partial charge on any atom is -0.496 e. The van der Waals surface area contributed by atoms with Crippen molar-refractivity contribution in [3.63, 3.8) is 0 Å². The zero-order chi connectivity index (χ0) is 11.7. The van der Waals surface area contributed by atoms with E-state index in [2.05, 4.69) is 0 Å². The summed E-state index contributed by atoms with van der Waals surface area (Å²) in [5.41, 5.74) is 1.51. The second kappa shape index (κ2) is 4.03. The molecule has 2 unspecified atom stereocenters. The Morgan fingerprint density at radius 1 is 1.62 bits per heavy atom. The van der Waals surface area contributed by atoms with E-state index in [9.17, 15) is 5.11 Å². The Hall–Kier alpha value is -1.73. The van der Waals surface area contributed by atoms with Gasteiger partial charge in [-0.25, -0.2) is 0 Å². The van der Waals surface area contributed by atoms with Crippen molar-refractivity contribution in [2.75, 3.05) is 7.11 Å². The summed E-state index contributed by atoms with van der Waals surface area (Å²) >= 11 is 0. The van der Waals surface area contributed by atoms with E-state index in [0.717, 1.165) is 17.7 Å². The Balaban J connectivity index is 2.47. The van der Waals surface area contributed by atoms with E-state index in [1.165, 1.54) is 7.11 Å². The Morgan fingerprint density at radius 2 is 2.38 bits per heavy atom. The van der Waals surface area contributed by atoms with Crippen molar-refractivity contribution >= 4 is 0 Å². The fourth-order valence-electron chi connectivity index (χ4n) is 1.92. The van der Waals surface area contributed by atoms with Crippen LogP contribution in [0.15, 0.2) is 12.1 Å². The lowest BCUT2D eigenvalue weighted by atomic mass is 10.0. The number of nitrogens with zero attached hydrogens (tertiary/aromatic N) is 1. The first-order valence-electron chi connectivity index (χ1n) is 5.11. The van der Waals surface area contributed by atoms with Crippen molar-refractivity contribution in [2.45, 2.75) is 25.6 Å². The fraction of sp³-hybridized carbons (Fsp3) is 0.417. The highest BCUT2D eigenvalue weighted by molar-refractivity contribution is 5.50. The maximum absolute atomic E-state index is 9.54. The van der Waals surface area contributed by atoms with Crippen LogP contribution in [0.25, 0.3) is 0 Å². The van der Waals surface area contributed by atoms with Crippen LogP contribution in [0.2, 0.25) is 0 Å². The van der Waals surface area contributed by atoms with E-state index in [1.54, 1.807) is 12.1 Å². The number of fused-ring (bicyclic) bond motifs is 1. The summed E-state index contributed by atoms with van der Waals surface area (Å²) in [6, 6.07) is 5.29. The highest BCUT2D eigenvalue weighted by atomic mass is 16.5. The molecule has 2 rings (SSSR count). The van der Waals surface area contributed by atoms with E-state index in [-0.39, 0.29) is 6.10 Å². The summed E-state index contributed by atoms with van der Waals surface area (Å²) in [4.78, 5) is 0. The first-order chi connectivity index (χ1) is 7.65. The molecule has 0 spiro atoms. The van der Waals surface area contributed by atoms with Crippen molar-refractivity contribution < 1.29 is 14.6 Å². The first-order valence-corrected chi connectivity index (χ1v) is 5.11. The predicted octanol–water partition coefficient (Wildman–Crippen LogP) is 1.58. The molecule has 1 aliphatic heterocycles. The van der Waals surface area contributed by atoms with Crippen molar-refractivity contribution in [3.8, 4) is 17.6 Å². The highest BCUT2D eigenvalue weighted by Gasteiger charge is 2.23. The predicted molar refractivity (Wildman–Crippen MR) is 57.4 cm³/mol. The zero-order valence-electron chi connectivity index (χ0n) is 9.23. The molecule has 1 aromatic rings. The standard InChI is InChI=1S/C12H13NO3/c1-7-3-8-4-12(15-2)9(10(14)6-13)5-11(8)16-7/h4-5,7,10,14H,3H2,1-2H3. The van der Waals surface area contributed by atoms with E-state index in [1.807, 2.05) is 13.0 Å². The van der Waals surface area contributed by atoms with Crippen LogP contribution < -0.4 is 9.47 Å². The molecular weight excluding hydrogens is 206 g/mol. The average molecular weight is 219 g/mol. The number of methoxy groups -OCH3 is 1. The molecule has 0 amide bonds. The van der Waals surface area contributed by atoms with Gasteiger partial charge in [-0.1, -0.05) is 0 Å². The van der Waals surface area contributed by atoms with E-state index in [4.69, 9.17) is 14.7 Å². The van der Waals surface area contributed by atoms with Gasteiger partial charge < -0.3 is 14.6 Å². The van der Waals surface area contributed by atoms with Gasteiger partial charge in [0, 0.05) is 17.5 Å². The van der Waals surface area contributed by atoms with Gasteiger partial charge in [0.2, 0.25) is 0 Å². The summed E-state index contributed by atoms with van der Waals surface area (Å²) in [5, 5.41) is 18.3. The van der Waals surface area contributed by atoms with Crippen LogP contribution in [0.1, 0.15) is 24.2 Å². The largest absolute Gasteiger partial charge is 0.496 e. The zero-order valence-corrected chi connectivity index (χ0v) is 9.23. The van der Waals surface area contributed by atoms with Gasteiger partial charge in [0.1, 0.15) is 17.6 Å². The second-order valence-electron chi connectivity index (χ2n) is 3.87. The van der Waals surface area contributed by atoms with Crippen molar-refractivity contribution in [1.82, 2.24) is 0 Å². The van der Waals surface area contributed by atoms with E-state index < -0.39 is 6.10 Å². The van der Waals surface area contributed by atoms with Crippen molar-refractivity contribution in [2.24, 2.45) is 0 Å². The number of aliphatic hydroxyl groups excluding tert-OH is 1. The molecule has 1 heterocycles. The van der Waals surface area contributed by atoms with Gasteiger partial charge in [-0.05, 0) is 19.1 Å². The number of rotatable bonds is 2. The van der Waals surface area contributed by atoms with Crippen LogP contribution in [0, 0.1) is 11.3 Å². The summed E-state index contributed by atoms with van der Waals surface area (Å²) < 4.78 is 10.7. The Morgan fingerprint density at radius 3 is 3.00 bits per heavy atom. The molecule has 0 saturated carbocycles. The number of benzene rings is 1. The molecule has 4 nitrogen and oxygen atoms in total. The molecule has 0 aromatic heterocycles. The van der Waals surface area contributed by atoms with Crippen LogP contribution in [-0.4, -0.2) is 18.3 Å². The second-order valence-corrected chi connectivity index (χ2v) is 3.87. The van der Waals surface area contributed by atoms with Gasteiger partial charge >= 0.3 is 0 Å². The summed E-state index contributed by atoms with van der Waals surface area (Å²) in [5.74, 6) is 1.27. The fourth-order valence-corrected chi connectivity index (χ4v) is 1.92. The molecule has 0 bridgehead atoms. The van der Waals surface area contributed by atoms with Crippen LogP contribution in [0.5, 0.6) is 11.5 Å². The van der Waals surface area contributed by atoms with Gasteiger partial charge in [-0.2, -0.15) is 5.26 Å². The minimum absolute atomic E-state index is 0.134. The summed E-state index contributed by atoms with van der Waals surface area (Å²) in [7, 11) is 1.52. The molecular formula is C12H13NO3. The summed E-state index contributed by atoms with van der Waals surface area (Å²) in [6.07, 6.45) is -0.219. The molecule has 0 aliphatic carbocycles. The lowest BCUT2D eigenvalue weighted by molar-refractivity contribution is 0.227. The molecule has 0 saturated heterocycles. The number of nitriles is 1. The van der Waals surface area contributed by atoms with Gasteiger partial charge in [0.25, 0.3) is 0 Å². The Kier molecular flexibility index (Phi) is 2.71. The molecule has 16 heavy (non-hydrogen) atoms. The third-order valence-electron chi connectivity index (χ3n) is 2.67. The van der Waals surface area contributed by atoms with Crippen LogP contribution in [-0.2, 0) is 6.42 Å². The molecule has 1 aromatic carbocycles. The minimum atomic E-state index is -1.18. The van der Waals surface area contributed by atoms with Gasteiger partial charge in [-0.15, -0.1) is 0 Å². The van der Waals surface area contributed by atoms with Crippen LogP contribution in [0.3, 0.4) is 0 Å². The third kappa shape index (κ3) is 1.70. The highest BCUT2D eigenvalue weighted by Crippen LogP contribution is 2.37. The lowest BCUT2D eigenvalue weighted by Crippen LogP contribution is -2.05. The number of hydrogen-bond donors (Lipinski definition) is 1. The molecule has 1 N–H and O–H groups in total. The normalized spacial score (nSPS) is 19.5. The van der Waals surface area contributed by atoms with Crippen LogP contribution >= 0.6 is 0 Å². The molecule has 84 valence electrons. The van der Waals surface area contributed by atoms with Gasteiger partial charge in [-0.3, -0.25) is 0 Å². The smallest absolute Gasteiger partial charge is 0.169 e.